The van der Waals surface area contributed by atoms with Crippen molar-refractivity contribution in [1.29, 1.82) is 0 Å². The Bertz CT molecular complexity index is 768. The third-order valence-corrected chi connectivity index (χ3v) is 3.75. The maximum atomic E-state index is 12.1. The summed E-state index contributed by atoms with van der Waals surface area (Å²) in [4.78, 5) is 29.7. The number of benzene rings is 2. The monoisotopic (exact) mass is 326 g/mol. The average molecular weight is 326 g/mol. The van der Waals surface area contributed by atoms with Crippen molar-refractivity contribution in [2.45, 2.75) is 20.8 Å². The van der Waals surface area contributed by atoms with Crippen LogP contribution in [0.3, 0.4) is 0 Å². The van der Waals surface area contributed by atoms with E-state index < -0.39 is 13.8 Å². The molecule has 0 amide bonds. The Balaban J connectivity index is 0.00000264. The van der Waals surface area contributed by atoms with Crippen molar-refractivity contribution in [3.63, 3.8) is 0 Å². The standard InChI is InChI=1S/C16H16O5P.Li/c1-10-9-11(2)15(16(17)21-22(18,19)20)12(3)14(10)13-7-5-4-6-8-13;/h4-8H,1-3H3,(H2,18,19,20);/q-1;+1. The summed E-state index contributed by atoms with van der Waals surface area (Å²) in [5.74, 6) is -1.04. The minimum Gasteiger partial charge on any atom is -0.377 e. The summed E-state index contributed by atoms with van der Waals surface area (Å²) in [5.41, 5.74) is 3.80. The zero-order chi connectivity index (χ0) is 16.5. The van der Waals surface area contributed by atoms with Gasteiger partial charge in [-0.2, -0.15) is 17.2 Å². The fraction of sp³-hybridized carbons (Fsp3) is 0.188. The molecule has 2 rings (SSSR count). The van der Waals surface area contributed by atoms with Gasteiger partial charge in [0.2, 0.25) is 0 Å². The van der Waals surface area contributed by atoms with Crippen LogP contribution in [-0.2, 0) is 9.09 Å². The number of carbonyl (C=O) groups excluding carboxylic acids is 1. The Labute approximate surface area is 147 Å². The molecule has 2 aromatic rings. The van der Waals surface area contributed by atoms with E-state index in [9.17, 15) is 9.36 Å². The molecule has 0 saturated heterocycles. The zero-order valence-electron chi connectivity index (χ0n) is 13.5. The van der Waals surface area contributed by atoms with Crippen molar-refractivity contribution in [3.8, 4) is 11.1 Å². The van der Waals surface area contributed by atoms with Crippen LogP contribution >= 0.6 is 7.82 Å². The van der Waals surface area contributed by atoms with Crippen LogP contribution in [0.2, 0.25) is 0 Å². The molecule has 7 heteroatoms. The Hall–Kier alpha value is -1.34. The Kier molecular flexibility index (Phi) is 6.41. The van der Waals surface area contributed by atoms with Crippen molar-refractivity contribution >= 4 is 13.8 Å². The van der Waals surface area contributed by atoms with Gasteiger partial charge in [0.05, 0.1) is 0 Å². The minimum absolute atomic E-state index is 0. The summed E-state index contributed by atoms with van der Waals surface area (Å²) >= 11 is 0. The molecule has 0 aliphatic rings. The first-order valence-electron chi connectivity index (χ1n) is 6.58. The maximum Gasteiger partial charge on any atom is 1.00 e. The first-order chi connectivity index (χ1) is 10.2. The molecule has 0 aliphatic carbocycles. The van der Waals surface area contributed by atoms with Gasteiger partial charge in [0, 0.05) is 0 Å². The van der Waals surface area contributed by atoms with Crippen LogP contribution in [0.25, 0.3) is 11.1 Å². The van der Waals surface area contributed by atoms with E-state index in [-0.39, 0.29) is 24.4 Å². The summed E-state index contributed by atoms with van der Waals surface area (Å²) in [6.45, 7) is 5.26. The number of rotatable bonds is 3. The molecular formula is C16H16LiO5P. The molecule has 2 N–H and O–H groups in total. The van der Waals surface area contributed by atoms with Gasteiger partial charge < -0.3 is 4.52 Å². The van der Waals surface area contributed by atoms with E-state index in [1.807, 2.05) is 37.3 Å². The molecular weight excluding hydrogens is 310 g/mol. The van der Waals surface area contributed by atoms with Crippen molar-refractivity contribution in [3.05, 3.63) is 58.7 Å². The molecule has 0 fully saturated rings. The minimum atomic E-state index is -4.89. The van der Waals surface area contributed by atoms with E-state index in [4.69, 9.17) is 9.79 Å². The Morgan fingerprint density at radius 3 is 2.17 bits per heavy atom. The normalized spacial score (nSPS) is 10.8. The van der Waals surface area contributed by atoms with Gasteiger partial charge in [-0.05, 0) is 5.56 Å². The zero-order valence-corrected chi connectivity index (χ0v) is 14.3. The third kappa shape index (κ3) is 4.57. The number of hydrogen-bond donors (Lipinski definition) is 2. The topological polar surface area (TPSA) is 83.8 Å². The number of phosphoric ester groups is 1. The second-order valence-corrected chi connectivity index (χ2v) is 6.15. The fourth-order valence-corrected chi connectivity index (χ4v) is 2.90. The second-order valence-electron chi connectivity index (χ2n) is 4.99. The van der Waals surface area contributed by atoms with Gasteiger partial charge in [0.25, 0.3) is 5.97 Å². The van der Waals surface area contributed by atoms with E-state index in [1.165, 1.54) is 0 Å². The maximum absolute atomic E-state index is 12.1. The van der Waals surface area contributed by atoms with Crippen molar-refractivity contribution in [1.82, 2.24) is 0 Å². The van der Waals surface area contributed by atoms with Gasteiger partial charge in [0.15, 0.2) is 0 Å². The molecule has 2 aromatic carbocycles. The molecule has 5 nitrogen and oxygen atoms in total. The van der Waals surface area contributed by atoms with E-state index in [2.05, 4.69) is 10.6 Å². The van der Waals surface area contributed by atoms with E-state index in [0.717, 1.165) is 16.7 Å². The van der Waals surface area contributed by atoms with Gasteiger partial charge >= 0.3 is 26.7 Å². The smallest absolute Gasteiger partial charge is 0.377 e. The molecule has 0 unspecified atom stereocenters. The van der Waals surface area contributed by atoms with Crippen molar-refractivity contribution < 1.29 is 42.5 Å². The summed E-state index contributed by atoms with van der Waals surface area (Å²) in [7, 11) is -4.89. The van der Waals surface area contributed by atoms with Gasteiger partial charge in [-0.25, -0.2) is 4.57 Å². The van der Waals surface area contributed by atoms with Crippen LogP contribution < -0.4 is 18.9 Å². The molecule has 0 atom stereocenters. The van der Waals surface area contributed by atoms with Crippen LogP contribution in [-0.4, -0.2) is 15.8 Å². The van der Waals surface area contributed by atoms with Gasteiger partial charge in [-0.1, -0.05) is 56.7 Å². The second kappa shape index (κ2) is 7.48. The number of hydrogen-bond acceptors (Lipinski definition) is 3. The molecule has 0 aromatic heterocycles. The predicted octanol–water partition coefficient (Wildman–Crippen LogP) is 0.333. The molecule has 116 valence electrons. The number of carbonyl (C=O) groups is 1. The van der Waals surface area contributed by atoms with E-state index in [0.29, 0.717) is 11.1 Å². The average Bonchev–Trinajstić information content (AvgIpc) is 2.36. The van der Waals surface area contributed by atoms with E-state index >= 15 is 0 Å². The van der Waals surface area contributed by atoms with Crippen molar-refractivity contribution in [2.24, 2.45) is 0 Å². The third-order valence-electron chi connectivity index (χ3n) is 3.34. The first kappa shape index (κ1) is 19.7. The molecule has 0 bridgehead atoms. The van der Waals surface area contributed by atoms with Gasteiger partial charge in [0.1, 0.15) is 0 Å². The number of aryl methyl sites for hydroxylation is 2. The molecule has 0 aliphatic heterocycles. The van der Waals surface area contributed by atoms with E-state index in [1.54, 1.807) is 13.8 Å². The predicted molar refractivity (Wildman–Crippen MR) is 82.4 cm³/mol. The van der Waals surface area contributed by atoms with Crippen molar-refractivity contribution in [2.75, 3.05) is 0 Å². The van der Waals surface area contributed by atoms with Crippen LogP contribution in [0.1, 0.15) is 27.0 Å². The SMILES string of the molecule is Cc1[c-]c(C)c(-c2ccccc2)c(C)c1C(=O)OP(=O)(O)O.[Li+]. The van der Waals surface area contributed by atoms with Crippen LogP contribution in [0, 0.1) is 26.8 Å². The quantitative estimate of drug-likeness (QED) is 0.483. The molecule has 23 heavy (non-hydrogen) atoms. The molecule has 0 saturated carbocycles. The number of phosphoric acid groups is 1. The molecule has 0 radical (unpaired) electrons. The van der Waals surface area contributed by atoms with Gasteiger partial charge in [-0.15, -0.1) is 11.1 Å². The molecule has 0 heterocycles. The summed E-state index contributed by atoms with van der Waals surface area (Å²) in [5, 5.41) is 0. The van der Waals surface area contributed by atoms with Crippen LogP contribution in [0.15, 0.2) is 30.3 Å². The van der Waals surface area contributed by atoms with Crippen LogP contribution in [0.5, 0.6) is 0 Å². The largest absolute Gasteiger partial charge is 1.00 e. The Morgan fingerprint density at radius 1 is 1.09 bits per heavy atom. The summed E-state index contributed by atoms with van der Waals surface area (Å²) in [6, 6.07) is 12.5. The summed E-state index contributed by atoms with van der Waals surface area (Å²) in [6.07, 6.45) is 0. The summed E-state index contributed by atoms with van der Waals surface area (Å²) < 4.78 is 15.1. The Morgan fingerprint density at radius 2 is 1.65 bits per heavy atom. The van der Waals surface area contributed by atoms with Crippen LogP contribution in [0.4, 0.5) is 0 Å². The fourth-order valence-electron chi connectivity index (χ4n) is 2.59. The molecule has 0 spiro atoms. The van der Waals surface area contributed by atoms with Gasteiger partial charge in [-0.3, -0.25) is 14.6 Å². The first-order valence-corrected chi connectivity index (χ1v) is 8.11.